The third-order valence-corrected chi connectivity index (χ3v) is 10.7. The maximum absolute atomic E-state index is 14.3. The summed E-state index contributed by atoms with van der Waals surface area (Å²) in [5, 5.41) is 1.63. The highest BCUT2D eigenvalue weighted by Crippen LogP contribution is 2.30. The largest absolute Gasteiger partial charge is 0.341 e. The van der Waals surface area contributed by atoms with E-state index in [0.29, 0.717) is 42.6 Å². The topological polar surface area (TPSA) is 113 Å². The number of amides is 2. The van der Waals surface area contributed by atoms with E-state index in [4.69, 9.17) is 4.98 Å². The number of carbonyl (C=O) groups excluding carboxylic acids is 2. The Labute approximate surface area is 280 Å². The number of anilines is 1. The summed E-state index contributed by atoms with van der Waals surface area (Å²) in [6.45, 7) is 4.91. The van der Waals surface area contributed by atoms with Gasteiger partial charge in [-0.05, 0) is 77.4 Å². The Kier molecular flexibility index (Phi) is 8.66. The Balaban J connectivity index is 1.22. The number of rotatable bonds is 8. The summed E-state index contributed by atoms with van der Waals surface area (Å²) < 4.78 is 28.9. The van der Waals surface area contributed by atoms with Gasteiger partial charge in [0.1, 0.15) is 0 Å². The molecule has 1 unspecified atom stereocenters. The summed E-state index contributed by atoms with van der Waals surface area (Å²) in [4.78, 5) is 41.2. The minimum atomic E-state index is -4.19. The van der Waals surface area contributed by atoms with E-state index in [0.717, 1.165) is 48.7 Å². The molecule has 1 saturated heterocycles. The van der Waals surface area contributed by atoms with Gasteiger partial charge in [-0.3, -0.25) is 9.59 Å². The van der Waals surface area contributed by atoms with Gasteiger partial charge in [-0.15, -0.1) is 0 Å². The molecule has 1 atom stereocenters. The van der Waals surface area contributed by atoms with Crippen molar-refractivity contribution < 1.29 is 18.0 Å². The lowest BCUT2D eigenvalue weighted by molar-refractivity contribution is 0.0735. The first-order chi connectivity index (χ1) is 23.3. The lowest BCUT2D eigenvalue weighted by atomic mass is 9.96. The van der Waals surface area contributed by atoms with Gasteiger partial charge >= 0.3 is 0 Å². The Morgan fingerprint density at radius 2 is 1.69 bits per heavy atom. The van der Waals surface area contributed by atoms with Crippen LogP contribution in [0.2, 0.25) is 0 Å². The monoisotopic (exact) mass is 659 g/mol. The molecule has 0 saturated carbocycles. The van der Waals surface area contributed by atoms with Crippen molar-refractivity contribution >= 4 is 38.6 Å². The van der Waals surface area contributed by atoms with E-state index in [9.17, 15) is 18.0 Å². The molecule has 0 spiro atoms. The smallest absolute Gasteiger partial charge is 0.265 e. The van der Waals surface area contributed by atoms with Crippen LogP contribution in [0.3, 0.4) is 0 Å². The zero-order chi connectivity index (χ0) is 33.3. The molecule has 0 bridgehead atoms. The van der Waals surface area contributed by atoms with Crippen LogP contribution in [0.1, 0.15) is 58.0 Å². The molecule has 5 aromatic rings. The number of fused-ring (bicyclic) bond motifs is 2. The van der Waals surface area contributed by atoms with E-state index in [-0.39, 0.29) is 21.9 Å². The van der Waals surface area contributed by atoms with E-state index in [1.54, 1.807) is 29.3 Å². The first-order valence-corrected chi connectivity index (χ1v) is 17.9. The fraction of sp³-hybridized carbons (Fsp3) is 0.263. The Morgan fingerprint density at radius 1 is 0.896 bits per heavy atom. The van der Waals surface area contributed by atoms with Gasteiger partial charge in [-0.2, -0.15) is 0 Å². The predicted molar refractivity (Wildman–Crippen MR) is 186 cm³/mol. The number of hydrogen-bond donors (Lipinski definition) is 1. The molecule has 4 aromatic carbocycles. The van der Waals surface area contributed by atoms with Gasteiger partial charge in [0.05, 0.1) is 10.6 Å². The van der Waals surface area contributed by atoms with Crippen LogP contribution in [0.5, 0.6) is 0 Å². The number of benzene rings is 4. The molecule has 244 valence electrons. The van der Waals surface area contributed by atoms with Crippen molar-refractivity contribution in [2.24, 2.45) is 5.92 Å². The highest BCUT2D eigenvalue weighted by molar-refractivity contribution is 7.90. The third kappa shape index (κ3) is 6.40. The first kappa shape index (κ1) is 31.5. The van der Waals surface area contributed by atoms with E-state index >= 15 is 0 Å². The second-order valence-electron chi connectivity index (χ2n) is 12.6. The van der Waals surface area contributed by atoms with Crippen molar-refractivity contribution in [2.75, 3.05) is 24.5 Å². The number of sulfonamides is 1. The second-order valence-corrected chi connectivity index (χ2v) is 14.3. The number of nitrogens with zero attached hydrogens (tertiary/aromatic N) is 4. The summed E-state index contributed by atoms with van der Waals surface area (Å²) in [5.74, 6) is 0.135. The number of nitrogens with one attached hydrogen (secondary N) is 1. The van der Waals surface area contributed by atoms with Gasteiger partial charge in [0, 0.05) is 49.1 Å². The van der Waals surface area contributed by atoms with Crippen LogP contribution in [0.4, 0.5) is 5.95 Å². The second kappa shape index (κ2) is 13.2. The van der Waals surface area contributed by atoms with Crippen molar-refractivity contribution in [1.29, 1.82) is 0 Å². The molecule has 1 fully saturated rings. The van der Waals surface area contributed by atoms with Crippen molar-refractivity contribution in [3.05, 3.63) is 119 Å². The van der Waals surface area contributed by atoms with Gasteiger partial charge in [-0.25, -0.2) is 23.1 Å². The summed E-state index contributed by atoms with van der Waals surface area (Å²) >= 11 is 0. The average Bonchev–Trinajstić information content (AvgIpc) is 3.59. The Morgan fingerprint density at radius 3 is 2.52 bits per heavy atom. The minimum Gasteiger partial charge on any atom is -0.341 e. The number of hydrogen-bond acceptors (Lipinski definition) is 7. The molecule has 9 nitrogen and oxygen atoms in total. The van der Waals surface area contributed by atoms with E-state index in [1.807, 2.05) is 42.5 Å². The highest BCUT2D eigenvalue weighted by Gasteiger charge is 2.28. The van der Waals surface area contributed by atoms with Crippen LogP contribution in [0, 0.1) is 5.92 Å². The molecule has 10 heteroatoms. The van der Waals surface area contributed by atoms with Crippen molar-refractivity contribution in [2.45, 2.75) is 44.0 Å². The quantitative estimate of drug-likeness (QED) is 0.210. The van der Waals surface area contributed by atoms with Crippen LogP contribution in [0.15, 0.2) is 102 Å². The normalized spacial score (nSPS) is 16.1. The molecule has 0 radical (unpaired) electrons. The van der Waals surface area contributed by atoms with Crippen LogP contribution >= 0.6 is 0 Å². The Bertz CT molecular complexity index is 2130. The van der Waals surface area contributed by atoms with E-state index < -0.39 is 15.9 Å². The van der Waals surface area contributed by atoms with Crippen molar-refractivity contribution in [3.63, 3.8) is 0 Å². The molecule has 2 aliphatic heterocycles. The summed E-state index contributed by atoms with van der Waals surface area (Å²) in [5.41, 5.74) is 3.74. The zero-order valence-electron chi connectivity index (χ0n) is 26.8. The van der Waals surface area contributed by atoms with Crippen LogP contribution in [-0.4, -0.2) is 54.7 Å². The number of aromatic nitrogens is 2. The van der Waals surface area contributed by atoms with Gasteiger partial charge in [0.2, 0.25) is 5.95 Å². The minimum absolute atomic E-state index is 0.0222. The van der Waals surface area contributed by atoms with Crippen molar-refractivity contribution in [3.8, 4) is 11.3 Å². The number of carbonyl (C=O) groups is 2. The average molecular weight is 660 g/mol. The summed E-state index contributed by atoms with van der Waals surface area (Å²) in [7, 11) is -4.19. The fourth-order valence-electron chi connectivity index (χ4n) is 6.81. The SMILES string of the molecule is CCCC1CCN(c2nccc(-c3ccc(C(=O)NS(=O)(=O)c4ccc5ccccc5c4)cc3C(=O)N3CCc4ccccc4C3)n2)C1. The molecule has 2 amide bonds. The summed E-state index contributed by atoms with van der Waals surface area (Å²) in [6, 6.07) is 26.7. The lowest BCUT2D eigenvalue weighted by Gasteiger charge is -2.29. The maximum Gasteiger partial charge on any atom is 0.265 e. The van der Waals surface area contributed by atoms with Crippen LogP contribution < -0.4 is 9.62 Å². The third-order valence-electron chi connectivity index (χ3n) is 9.37. The molecule has 0 aliphatic carbocycles. The molecule has 7 rings (SSSR count). The van der Waals surface area contributed by atoms with Crippen molar-refractivity contribution in [1.82, 2.24) is 19.6 Å². The van der Waals surface area contributed by atoms with E-state index in [2.05, 4.69) is 27.6 Å². The first-order valence-electron chi connectivity index (χ1n) is 16.4. The van der Waals surface area contributed by atoms with Crippen LogP contribution in [0.25, 0.3) is 22.0 Å². The maximum atomic E-state index is 14.3. The molecule has 1 aromatic heterocycles. The summed E-state index contributed by atoms with van der Waals surface area (Å²) in [6.07, 6.45) is 5.80. The lowest BCUT2D eigenvalue weighted by Crippen LogP contribution is -2.36. The standard InChI is InChI=1S/C38H37N5O4S/c1-2-7-26-17-20-43(24-26)38-39-19-16-35(40-38)33-15-13-30(23-34(33)37(45)42-21-18-28-9-4-6-11-31(28)25-42)36(44)41-48(46,47)32-14-12-27-8-3-5-10-29(27)22-32/h3-6,8-16,19,22-23,26H,2,7,17-18,20-21,24-25H2,1H3,(H,41,44). The van der Waals surface area contributed by atoms with Gasteiger partial charge in [-0.1, -0.05) is 74.0 Å². The van der Waals surface area contributed by atoms with Crippen LogP contribution in [-0.2, 0) is 23.0 Å². The molecular weight excluding hydrogens is 623 g/mol. The molecule has 3 heterocycles. The fourth-order valence-corrected chi connectivity index (χ4v) is 7.82. The van der Waals surface area contributed by atoms with Gasteiger partial charge in [0.25, 0.3) is 21.8 Å². The zero-order valence-corrected chi connectivity index (χ0v) is 27.6. The molecule has 1 N–H and O–H groups in total. The van der Waals surface area contributed by atoms with Gasteiger partial charge < -0.3 is 9.80 Å². The van der Waals surface area contributed by atoms with E-state index in [1.165, 1.54) is 29.8 Å². The molecule has 48 heavy (non-hydrogen) atoms. The predicted octanol–water partition coefficient (Wildman–Crippen LogP) is 6.24. The molecule has 2 aliphatic rings. The Hall–Kier alpha value is -5.09. The highest BCUT2D eigenvalue weighted by atomic mass is 32.2. The molecular formula is C38H37N5O4S. The van der Waals surface area contributed by atoms with Gasteiger partial charge in [0.15, 0.2) is 0 Å².